The van der Waals surface area contributed by atoms with Gasteiger partial charge in [-0.15, -0.1) is 0 Å². The summed E-state index contributed by atoms with van der Waals surface area (Å²) in [5.41, 5.74) is 0. The van der Waals surface area contributed by atoms with Crippen molar-refractivity contribution in [3.8, 4) is 0 Å². The molecule has 0 amide bonds. The van der Waals surface area contributed by atoms with Crippen LogP contribution in [0.4, 0.5) is 0 Å². The van der Waals surface area contributed by atoms with E-state index in [2.05, 4.69) is 11.8 Å². The van der Waals surface area contributed by atoms with Gasteiger partial charge in [-0.1, -0.05) is 0 Å². The van der Waals surface area contributed by atoms with E-state index in [1.807, 2.05) is 6.92 Å². The summed E-state index contributed by atoms with van der Waals surface area (Å²) >= 11 is 0. The van der Waals surface area contributed by atoms with Crippen LogP contribution in [0.25, 0.3) is 0 Å². The Hall–Kier alpha value is -0.650. The number of rotatable bonds is 7. The molecular formula is C13H25NO4. The van der Waals surface area contributed by atoms with E-state index < -0.39 is 0 Å². The van der Waals surface area contributed by atoms with Crippen LogP contribution in [-0.2, 0) is 19.0 Å². The highest BCUT2D eigenvalue weighted by Crippen LogP contribution is 2.06. The van der Waals surface area contributed by atoms with Crippen molar-refractivity contribution < 1.29 is 19.0 Å². The SMILES string of the molecule is CO[C@H](C)CC(=O)OCCCN1CCOC[C@@H]1C. The van der Waals surface area contributed by atoms with Crippen molar-refractivity contribution in [2.45, 2.75) is 38.8 Å². The van der Waals surface area contributed by atoms with E-state index in [9.17, 15) is 4.79 Å². The smallest absolute Gasteiger partial charge is 0.308 e. The van der Waals surface area contributed by atoms with Crippen LogP contribution in [0.1, 0.15) is 26.7 Å². The number of nitrogens with zero attached hydrogens (tertiary/aromatic N) is 1. The lowest BCUT2D eigenvalue weighted by molar-refractivity contribution is -0.146. The Morgan fingerprint density at radius 2 is 2.33 bits per heavy atom. The molecule has 18 heavy (non-hydrogen) atoms. The number of morpholine rings is 1. The minimum atomic E-state index is -0.181. The summed E-state index contributed by atoms with van der Waals surface area (Å²) in [6, 6.07) is 0.461. The highest BCUT2D eigenvalue weighted by molar-refractivity contribution is 5.69. The summed E-state index contributed by atoms with van der Waals surface area (Å²) in [6.07, 6.45) is 1.12. The zero-order chi connectivity index (χ0) is 13.4. The van der Waals surface area contributed by atoms with Gasteiger partial charge in [-0.3, -0.25) is 9.69 Å². The lowest BCUT2D eigenvalue weighted by Crippen LogP contribution is -2.44. The maximum atomic E-state index is 11.4. The molecule has 0 aliphatic carbocycles. The quantitative estimate of drug-likeness (QED) is 0.505. The van der Waals surface area contributed by atoms with Crippen LogP contribution in [0, 0.1) is 0 Å². The van der Waals surface area contributed by atoms with Gasteiger partial charge in [-0.05, 0) is 20.3 Å². The Bertz CT molecular complexity index is 247. The van der Waals surface area contributed by atoms with Gasteiger partial charge in [0.1, 0.15) is 0 Å². The molecule has 1 rings (SSSR count). The summed E-state index contributed by atoms with van der Waals surface area (Å²) in [5, 5.41) is 0. The second-order valence-corrected chi connectivity index (χ2v) is 4.78. The van der Waals surface area contributed by atoms with Gasteiger partial charge in [-0.2, -0.15) is 0 Å². The third kappa shape index (κ3) is 5.80. The molecule has 0 aromatic rings. The first-order chi connectivity index (χ1) is 8.63. The van der Waals surface area contributed by atoms with E-state index in [0.717, 1.165) is 32.7 Å². The number of esters is 1. The predicted octanol–water partition coefficient (Wildman–Crippen LogP) is 1.07. The van der Waals surface area contributed by atoms with Gasteiger partial charge in [0.2, 0.25) is 0 Å². The normalized spacial score (nSPS) is 22.7. The molecule has 106 valence electrons. The zero-order valence-corrected chi connectivity index (χ0v) is 11.7. The largest absolute Gasteiger partial charge is 0.466 e. The fourth-order valence-corrected chi connectivity index (χ4v) is 1.92. The Kier molecular flexibility index (Phi) is 7.23. The van der Waals surface area contributed by atoms with E-state index in [-0.39, 0.29) is 12.1 Å². The molecule has 1 fully saturated rings. The number of carbonyl (C=O) groups excluding carboxylic acids is 1. The molecule has 0 spiro atoms. The van der Waals surface area contributed by atoms with Crippen LogP contribution in [0.3, 0.4) is 0 Å². The molecule has 0 N–H and O–H groups in total. The molecule has 0 aromatic heterocycles. The summed E-state index contributed by atoms with van der Waals surface area (Å²) in [6.45, 7) is 8.02. The summed E-state index contributed by atoms with van der Waals surface area (Å²) in [4.78, 5) is 13.8. The molecule has 0 unspecified atom stereocenters. The Morgan fingerprint density at radius 3 is 3.00 bits per heavy atom. The second kappa shape index (κ2) is 8.45. The molecule has 1 aliphatic rings. The van der Waals surface area contributed by atoms with Crippen molar-refractivity contribution in [2.75, 3.05) is 40.0 Å². The van der Waals surface area contributed by atoms with Gasteiger partial charge < -0.3 is 14.2 Å². The minimum absolute atomic E-state index is 0.0724. The van der Waals surface area contributed by atoms with Crippen molar-refractivity contribution in [1.29, 1.82) is 0 Å². The van der Waals surface area contributed by atoms with Crippen LogP contribution in [0.5, 0.6) is 0 Å². The van der Waals surface area contributed by atoms with Crippen LogP contribution in [0.2, 0.25) is 0 Å². The maximum Gasteiger partial charge on any atom is 0.308 e. The topological polar surface area (TPSA) is 48.0 Å². The highest BCUT2D eigenvalue weighted by atomic mass is 16.5. The lowest BCUT2D eigenvalue weighted by atomic mass is 10.2. The zero-order valence-electron chi connectivity index (χ0n) is 11.7. The summed E-state index contributed by atoms with van der Waals surface area (Å²) in [5.74, 6) is -0.181. The Labute approximate surface area is 109 Å². The van der Waals surface area contributed by atoms with Crippen LogP contribution < -0.4 is 0 Å². The molecule has 0 saturated carbocycles. The third-order valence-electron chi connectivity index (χ3n) is 3.21. The molecular weight excluding hydrogens is 234 g/mol. The highest BCUT2D eigenvalue weighted by Gasteiger charge is 2.18. The first kappa shape index (κ1) is 15.4. The van der Waals surface area contributed by atoms with Crippen molar-refractivity contribution in [3.05, 3.63) is 0 Å². The van der Waals surface area contributed by atoms with Gasteiger partial charge in [0.05, 0.1) is 32.3 Å². The summed E-state index contributed by atoms with van der Waals surface area (Å²) in [7, 11) is 1.60. The standard InChI is InChI=1S/C13H25NO4/c1-11-10-17-8-6-14(11)5-4-7-18-13(15)9-12(2)16-3/h11-12H,4-10H2,1-3H3/t11-,12+/m0/s1. The maximum absolute atomic E-state index is 11.4. The fourth-order valence-electron chi connectivity index (χ4n) is 1.92. The molecule has 1 heterocycles. The average molecular weight is 259 g/mol. The number of hydrogen-bond acceptors (Lipinski definition) is 5. The van der Waals surface area contributed by atoms with Crippen molar-refractivity contribution >= 4 is 5.97 Å². The van der Waals surface area contributed by atoms with E-state index in [1.54, 1.807) is 7.11 Å². The van der Waals surface area contributed by atoms with Crippen LogP contribution in [-0.4, -0.2) is 63.0 Å². The molecule has 1 saturated heterocycles. The van der Waals surface area contributed by atoms with Crippen molar-refractivity contribution in [1.82, 2.24) is 4.90 Å². The third-order valence-corrected chi connectivity index (χ3v) is 3.21. The molecule has 2 atom stereocenters. The van der Waals surface area contributed by atoms with Gasteiger partial charge in [0.25, 0.3) is 0 Å². The fraction of sp³-hybridized carbons (Fsp3) is 0.923. The van der Waals surface area contributed by atoms with Crippen molar-refractivity contribution in [2.24, 2.45) is 0 Å². The van der Waals surface area contributed by atoms with E-state index in [1.165, 1.54) is 0 Å². The van der Waals surface area contributed by atoms with Crippen LogP contribution in [0.15, 0.2) is 0 Å². The van der Waals surface area contributed by atoms with E-state index in [0.29, 0.717) is 19.1 Å². The van der Waals surface area contributed by atoms with Gasteiger partial charge in [0, 0.05) is 26.2 Å². The lowest BCUT2D eigenvalue weighted by Gasteiger charge is -2.33. The average Bonchev–Trinajstić information content (AvgIpc) is 2.36. The number of hydrogen-bond donors (Lipinski definition) is 0. The van der Waals surface area contributed by atoms with E-state index >= 15 is 0 Å². The minimum Gasteiger partial charge on any atom is -0.466 e. The molecule has 0 radical (unpaired) electrons. The second-order valence-electron chi connectivity index (χ2n) is 4.78. The predicted molar refractivity (Wildman–Crippen MR) is 68.5 cm³/mol. The first-order valence-electron chi connectivity index (χ1n) is 6.63. The van der Waals surface area contributed by atoms with Gasteiger partial charge >= 0.3 is 5.97 Å². The monoisotopic (exact) mass is 259 g/mol. The van der Waals surface area contributed by atoms with E-state index in [4.69, 9.17) is 14.2 Å². The Balaban J connectivity index is 2.05. The molecule has 0 aromatic carbocycles. The Morgan fingerprint density at radius 1 is 1.56 bits per heavy atom. The molecule has 0 bridgehead atoms. The van der Waals surface area contributed by atoms with Gasteiger partial charge in [0.15, 0.2) is 0 Å². The molecule has 5 nitrogen and oxygen atoms in total. The van der Waals surface area contributed by atoms with Gasteiger partial charge in [-0.25, -0.2) is 0 Å². The molecule has 1 aliphatic heterocycles. The number of carbonyl (C=O) groups is 1. The number of ether oxygens (including phenoxy) is 3. The first-order valence-corrected chi connectivity index (χ1v) is 6.63. The van der Waals surface area contributed by atoms with Crippen LogP contribution >= 0.6 is 0 Å². The van der Waals surface area contributed by atoms with Crippen molar-refractivity contribution in [3.63, 3.8) is 0 Å². The molecule has 5 heteroatoms. The summed E-state index contributed by atoms with van der Waals surface area (Å²) < 4.78 is 15.5. The number of methoxy groups -OCH3 is 1.